The number of ether oxygens (including phenoxy) is 1. The average Bonchev–Trinajstić information content (AvgIpc) is 2.35. The molecule has 2 atom stereocenters. The molecule has 0 radical (unpaired) electrons. The Morgan fingerprint density at radius 3 is 2.65 bits per heavy atom. The first-order chi connectivity index (χ1) is 8.10. The maximum absolute atomic E-state index is 12.0. The molecule has 0 spiro atoms. The minimum absolute atomic E-state index is 0.102. The molecule has 0 aliphatic carbocycles. The molecule has 5 heteroatoms. The number of hydrogen-bond acceptors (Lipinski definition) is 3. The lowest BCUT2D eigenvalue weighted by molar-refractivity contribution is -0.143. The van der Waals surface area contributed by atoms with Crippen molar-refractivity contribution in [1.82, 2.24) is 0 Å². The Kier molecular flexibility index (Phi) is 8.94. The molecule has 0 N–H and O–H groups in total. The first-order valence-corrected chi connectivity index (χ1v) is 6.54. The largest absolute Gasteiger partial charge is 0.469 e. The summed E-state index contributed by atoms with van der Waals surface area (Å²) in [5, 5.41) is 0.531. The van der Waals surface area contributed by atoms with E-state index in [1.807, 2.05) is 6.92 Å². The van der Waals surface area contributed by atoms with Crippen LogP contribution in [0.2, 0.25) is 0 Å². The van der Waals surface area contributed by atoms with Crippen molar-refractivity contribution in [3.63, 3.8) is 0 Å². The molecule has 0 amide bonds. The van der Waals surface area contributed by atoms with Crippen LogP contribution in [-0.4, -0.2) is 37.8 Å². The minimum Gasteiger partial charge on any atom is -0.469 e. The van der Waals surface area contributed by atoms with Crippen LogP contribution in [0.4, 0.5) is 4.39 Å². The summed E-state index contributed by atoms with van der Waals surface area (Å²) in [6, 6.07) is 0. The van der Waals surface area contributed by atoms with Gasteiger partial charge >= 0.3 is 5.97 Å². The van der Waals surface area contributed by atoms with Gasteiger partial charge in [-0.05, 0) is 12.3 Å². The zero-order valence-corrected chi connectivity index (χ0v) is 12.0. The molecule has 3 nitrogen and oxygen atoms in total. The molecule has 0 aliphatic heterocycles. The summed E-state index contributed by atoms with van der Waals surface area (Å²) in [6.45, 7) is 1.45. The maximum Gasteiger partial charge on any atom is 0.314 e. The van der Waals surface area contributed by atoms with Gasteiger partial charge in [-0.2, -0.15) is 0 Å². The molecule has 0 saturated carbocycles. The Balaban J connectivity index is 4.71. The average molecular weight is 308 g/mol. The van der Waals surface area contributed by atoms with Crippen molar-refractivity contribution in [3.8, 4) is 0 Å². The van der Waals surface area contributed by atoms with Gasteiger partial charge < -0.3 is 4.74 Å². The van der Waals surface area contributed by atoms with E-state index in [1.165, 1.54) is 13.2 Å². The van der Waals surface area contributed by atoms with Gasteiger partial charge in [-0.15, -0.1) is 0 Å². The fourth-order valence-corrected chi connectivity index (χ4v) is 2.19. The lowest BCUT2D eigenvalue weighted by Crippen LogP contribution is -2.28. The van der Waals surface area contributed by atoms with E-state index in [0.29, 0.717) is 11.8 Å². The molecular formula is C12H19BrFNO2. The van der Waals surface area contributed by atoms with E-state index in [2.05, 4.69) is 20.9 Å². The number of esters is 1. The second-order valence-corrected chi connectivity index (χ2v) is 4.28. The van der Waals surface area contributed by atoms with Crippen LogP contribution in [-0.2, 0) is 9.53 Å². The van der Waals surface area contributed by atoms with Gasteiger partial charge in [0.25, 0.3) is 0 Å². The minimum atomic E-state index is -0.486. The van der Waals surface area contributed by atoms with Crippen molar-refractivity contribution in [2.45, 2.75) is 13.3 Å². The zero-order valence-electron chi connectivity index (χ0n) is 10.5. The number of hydrogen-bond donors (Lipinski definition) is 0. The van der Waals surface area contributed by atoms with Gasteiger partial charge in [0.15, 0.2) is 0 Å². The van der Waals surface area contributed by atoms with Gasteiger partial charge in [-0.3, -0.25) is 9.79 Å². The van der Waals surface area contributed by atoms with Crippen LogP contribution in [0.15, 0.2) is 17.1 Å². The molecule has 0 aromatic carbocycles. The summed E-state index contributed by atoms with van der Waals surface area (Å²) in [5.41, 5.74) is 0.748. The smallest absolute Gasteiger partial charge is 0.314 e. The topological polar surface area (TPSA) is 38.7 Å². The highest BCUT2D eigenvalue weighted by Gasteiger charge is 2.25. The Bertz CT molecular complexity index is 292. The van der Waals surface area contributed by atoms with E-state index < -0.39 is 6.67 Å². The SMILES string of the molecule is CN=C(CBr)C(CC(C)C=CCF)C(=O)OC. The van der Waals surface area contributed by atoms with Gasteiger partial charge in [-0.1, -0.05) is 35.0 Å². The summed E-state index contributed by atoms with van der Waals surface area (Å²) in [5.74, 6) is -0.570. The number of methoxy groups -OCH3 is 1. The fraction of sp³-hybridized carbons (Fsp3) is 0.667. The zero-order chi connectivity index (χ0) is 13.3. The van der Waals surface area contributed by atoms with Crippen LogP contribution < -0.4 is 0 Å². The molecule has 17 heavy (non-hydrogen) atoms. The quantitative estimate of drug-likeness (QED) is 0.314. The third-order valence-corrected chi connectivity index (χ3v) is 3.05. The summed E-state index contributed by atoms with van der Waals surface area (Å²) in [7, 11) is 3.01. The molecule has 0 saturated heterocycles. The molecule has 98 valence electrons. The van der Waals surface area contributed by atoms with E-state index in [0.717, 1.165) is 5.71 Å². The van der Waals surface area contributed by atoms with Gasteiger partial charge in [0.1, 0.15) is 6.67 Å². The van der Waals surface area contributed by atoms with Crippen LogP contribution in [0, 0.1) is 11.8 Å². The summed E-state index contributed by atoms with van der Waals surface area (Å²) in [4.78, 5) is 15.7. The Hall–Kier alpha value is -0.710. The first-order valence-electron chi connectivity index (χ1n) is 5.42. The van der Waals surface area contributed by atoms with E-state index in [9.17, 15) is 9.18 Å². The van der Waals surface area contributed by atoms with Crippen LogP contribution in [0.5, 0.6) is 0 Å². The Morgan fingerprint density at radius 1 is 1.59 bits per heavy atom. The fourth-order valence-electron chi connectivity index (χ4n) is 1.55. The molecule has 0 rings (SSSR count). The van der Waals surface area contributed by atoms with Crippen molar-refractivity contribution in [3.05, 3.63) is 12.2 Å². The number of carbonyl (C=O) groups excluding carboxylic acids is 1. The van der Waals surface area contributed by atoms with E-state index in [1.54, 1.807) is 13.1 Å². The van der Waals surface area contributed by atoms with Crippen molar-refractivity contribution in [2.75, 3.05) is 26.2 Å². The van der Waals surface area contributed by atoms with Crippen LogP contribution in [0.25, 0.3) is 0 Å². The predicted molar refractivity (Wildman–Crippen MR) is 71.6 cm³/mol. The summed E-state index contributed by atoms with van der Waals surface area (Å²) in [6.07, 6.45) is 3.79. The highest BCUT2D eigenvalue weighted by Crippen LogP contribution is 2.18. The lowest BCUT2D eigenvalue weighted by atomic mass is 9.92. The molecule has 2 unspecified atom stereocenters. The summed E-state index contributed by atoms with van der Waals surface area (Å²) >= 11 is 3.30. The number of allylic oxidation sites excluding steroid dienone is 2. The van der Waals surface area contributed by atoms with Gasteiger partial charge in [0.05, 0.1) is 13.0 Å². The highest BCUT2D eigenvalue weighted by molar-refractivity contribution is 9.09. The van der Waals surface area contributed by atoms with Crippen molar-refractivity contribution in [2.24, 2.45) is 16.8 Å². The Labute approximate surface area is 110 Å². The van der Waals surface area contributed by atoms with Crippen LogP contribution in [0.1, 0.15) is 13.3 Å². The molecule has 0 bridgehead atoms. The number of halogens is 2. The monoisotopic (exact) mass is 307 g/mol. The molecule has 0 aliphatic rings. The number of alkyl halides is 2. The van der Waals surface area contributed by atoms with Crippen molar-refractivity contribution in [1.29, 1.82) is 0 Å². The predicted octanol–water partition coefficient (Wildman–Crippen LogP) is 2.79. The van der Waals surface area contributed by atoms with E-state index >= 15 is 0 Å². The molecular weight excluding hydrogens is 289 g/mol. The standard InChI is InChI=1S/C12H19BrFNO2/c1-9(5-4-6-14)7-10(12(16)17-3)11(8-13)15-2/h4-5,9-10H,6-8H2,1-3H3. The van der Waals surface area contributed by atoms with Gasteiger partial charge in [0, 0.05) is 18.1 Å². The van der Waals surface area contributed by atoms with Crippen LogP contribution in [0.3, 0.4) is 0 Å². The van der Waals surface area contributed by atoms with Gasteiger partial charge in [0.2, 0.25) is 0 Å². The lowest BCUT2D eigenvalue weighted by Gasteiger charge is -2.17. The second-order valence-electron chi connectivity index (χ2n) is 3.72. The molecule has 0 aromatic heterocycles. The maximum atomic E-state index is 12.0. The summed E-state index contributed by atoms with van der Waals surface area (Å²) < 4.78 is 16.8. The third kappa shape index (κ3) is 5.96. The molecule has 0 aromatic rings. The van der Waals surface area contributed by atoms with E-state index in [4.69, 9.17) is 4.74 Å². The van der Waals surface area contributed by atoms with Crippen molar-refractivity contribution < 1.29 is 13.9 Å². The number of aliphatic imine (C=N–C) groups is 1. The highest BCUT2D eigenvalue weighted by atomic mass is 79.9. The van der Waals surface area contributed by atoms with E-state index in [-0.39, 0.29) is 17.8 Å². The third-order valence-electron chi connectivity index (χ3n) is 2.47. The second kappa shape index (κ2) is 9.33. The first kappa shape index (κ1) is 16.3. The Morgan fingerprint density at radius 2 is 2.24 bits per heavy atom. The van der Waals surface area contributed by atoms with Crippen LogP contribution >= 0.6 is 15.9 Å². The molecule has 0 fully saturated rings. The number of nitrogens with zero attached hydrogens (tertiary/aromatic N) is 1. The normalized spacial score (nSPS) is 15.9. The number of carbonyl (C=O) groups is 1. The van der Waals surface area contributed by atoms with Gasteiger partial charge in [-0.25, -0.2) is 4.39 Å². The van der Waals surface area contributed by atoms with Crippen molar-refractivity contribution >= 4 is 27.6 Å². The number of rotatable bonds is 7. The molecule has 0 heterocycles.